The number of likely N-dealkylation sites (tertiary alicyclic amines) is 2. The van der Waals surface area contributed by atoms with E-state index in [1.165, 1.54) is 19.3 Å². The Labute approximate surface area is 207 Å². The van der Waals surface area contributed by atoms with Crippen LogP contribution in [0, 0.1) is 11.3 Å². The van der Waals surface area contributed by atoms with E-state index in [2.05, 4.69) is 15.2 Å². The molecule has 0 bridgehead atoms. The molecule has 2 aromatic rings. The molecule has 5 heterocycles. The molecule has 2 saturated carbocycles. The van der Waals surface area contributed by atoms with Gasteiger partial charge in [0.1, 0.15) is 11.6 Å². The Morgan fingerprint density at radius 2 is 1.75 bits per heavy atom. The van der Waals surface area contributed by atoms with E-state index in [1.807, 2.05) is 15.9 Å². The fourth-order valence-electron chi connectivity index (χ4n) is 6.40. The van der Waals surface area contributed by atoms with Gasteiger partial charge in [-0.25, -0.2) is 14.8 Å². The van der Waals surface area contributed by atoms with Gasteiger partial charge in [-0.15, -0.1) is 0 Å². The molecule has 2 aliphatic carbocycles. The van der Waals surface area contributed by atoms with Crippen molar-refractivity contribution in [2.24, 2.45) is 11.3 Å². The van der Waals surface area contributed by atoms with Crippen LogP contribution in [-0.4, -0.2) is 81.4 Å². The van der Waals surface area contributed by atoms with Crippen LogP contribution in [-0.2, 0) is 0 Å². The molecule has 36 heavy (non-hydrogen) atoms. The minimum absolute atomic E-state index is 0.0284. The van der Waals surface area contributed by atoms with Gasteiger partial charge in [0.25, 0.3) is 0 Å². The summed E-state index contributed by atoms with van der Waals surface area (Å²) in [6, 6.07) is 3.83. The largest absolute Gasteiger partial charge is 0.395 e. The molecule has 3 aliphatic heterocycles. The summed E-state index contributed by atoms with van der Waals surface area (Å²) in [6.07, 6.45) is 3.43. The zero-order valence-electron chi connectivity index (χ0n) is 20.0. The minimum Gasteiger partial charge on any atom is -0.355 e. The molecular formula is C25H30F3N7O. The Morgan fingerprint density at radius 1 is 1.00 bits per heavy atom. The number of nitrogens with zero attached hydrogens (tertiary/aromatic N) is 6. The first-order valence-corrected chi connectivity index (χ1v) is 13.0. The van der Waals surface area contributed by atoms with E-state index in [4.69, 9.17) is 4.98 Å². The van der Waals surface area contributed by atoms with Crippen LogP contribution >= 0.6 is 0 Å². The van der Waals surface area contributed by atoms with Crippen LogP contribution in [0.4, 0.5) is 23.8 Å². The van der Waals surface area contributed by atoms with E-state index in [9.17, 15) is 18.0 Å². The number of hydrogen-bond acceptors (Lipinski definition) is 5. The quantitative estimate of drug-likeness (QED) is 0.688. The SMILES string of the molecule is O=C(N1CC(c2ccc(N3CC(C(F)(F)F)C3)nc2)C1)N1CC2(CC(c3n[nH]c(C4CCC4)n3)C2)C1. The third kappa shape index (κ3) is 3.64. The minimum atomic E-state index is -4.13. The fourth-order valence-corrected chi connectivity index (χ4v) is 6.40. The van der Waals surface area contributed by atoms with Gasteiger partial charge in [-0.1, -0.05) is 12.5 Å². The number of carbonyl (C=O) groups excluding carboxylic acids is 1. The van der Waals surface area contributed by atoms with E-state index >= 15 is 0 Å². The number of aromatic nitrogens is 4. The fraction of sp³-hybridized carbons (Fsp3) is 0.680. The maximum atomic E-state index is 12.9. The van der Waals surface area contributed by atoms with E-state index in [-0.39, 0.29) is 30.5 Å². The smallest absolute Gasteiger partial charge is 0.355 e. The second-order valence-electron chi connectivity index (χ2n) is 11.6. The molecule has 7 rings (SSSR count). The highest BCUT2D eigenvalue weighted by molar-refractivity contribution is 5.77. The second-order valence-corrected chi connectivity index (χ2v) is 11.6. The van der Waals surface area contributed by atoms with Crippen LogP contribution in [0.5, 0.6) is 0 Å². The number of rotatable bonds is 4. The molecule has 0 aromatic carbocycles. The van der Waals surface area contributed by atoms with Crippen molar-refractivity contribution < 1.29 is 18.0 Å². The molecule has 11 heteroatoms. The van der Waals surface area contributed by atoms with Crippen molar-refractivity contribution >= 4 is 11.8 Å². The molecule has 1 spiro atoms. The lowest BCUT2D eigenvalue weighted by molar-refractivity contribution is -0.180. The van der Waals surface area contributed by atoms with Gasteiger partial charge in [-0.05, 0) is 37.3 Å². The predicted octanol–water partition coefficient (Wildman–Crippen LogP) is 3.86. The summed E-state index contributed by atoms with van der Waals surface area (Å²) in [5, 5.41) is 7.60. The Balaban J connectivity index is 0.853. The van der Waals surface area contributed by atoms with E-state index < -0.39 is 12.1 Å². The average Bonchev–Trinajstić information content (AvgIpc) is 3.11. The summed E-state index contributed by atoms with van der Waals surface area (Å²) in [4.78, 5) is 27.5. The molecule has 2 amide bonds. The maximum Gasteiger partial charge on any atom is 0.395 e. The van der Waals surface area contributed by atoms with Crippen molar-refractivity contribution in [1.29, 1.82) is 0 Å². The van der Waals surface area contributed by atoms with Gasteiger partial charge in [0.05, 0.1) is 5.92 Å². The highest BCUT2D eigenvalue weighted by atomic mass is 19.4. The van der Waals surface area contributed by atoms with Crippen molar-refractivity contribution in [2.75, 3.05) is 44.2 Å². The lowest BCUT2D eigenvalue weighted by atomic mass is 9.57. The van der Waals surface area contributed by atoms with Crippen LogP contribution in [0.25, 0.3) is 0 Å². The van der Waals surface area contributed by atoms with Crippen LogP contribution in [0.15, 0.2) is 18.3 Å². The van der Waals surface area contributed by atoms with Crippen LogP contribution in [0.1, 0.15) is 67.1 Å². The first-order chi connectivity index (χ1) is 17.3. The Morgan fingerprint density at radius 3 is 2.36 bits per heavy atom. The summed E-state index contributed by atoms with van der Waals surface area (Å²) in [5.41, 5.74) is 1.27. The van der Waals surface area contributed by atoms with E-state index in [0.29, 0.717) is 30.7 Å². The van der Waals surface area contributed by atoms with Gasteiger partial charge >= 0.3 is 12.2 Å². The predicted molar refractivity (Wildman–Crippen MR) is 125 cm³/mol. The molecule has 0 unspecified atom stereocenters. The molecule has 0 atom stereocenters. The zero-order chi connectivity index (χ0) is 24.7. The number of halogens is 3. The maximum absolute atomic E-state index is 12.9. The molecule has 192 valence electrons. The van der Waals surface area contributed by atoms with E-state index in [0.717, 1.165) is 43.1 Å². The number of anilines is 1. The number of urea groups is 1. The van der Waals surface area contributed by atoms with Gasteiger partial charge in [-0.2, -0.15) is 18.3 Å². The number of nitrogens with one attached hydrogen (secondary N) is 1. The van der Waals surface area contributed by atoms with Crippen LogP contribution in [0.2, 0.25) is 0 Å². The molecule has 1 N–H and O–H groups in total. The summed E-state index contributed by atoms with van der Waals surface area (Å²) < 4.78 is 38.1. The highest BCUT2D eigenvalue weighted by Gasteiger charge is 2.56. The van der Waals surface area contributed by atoms with Crippen LogP contribution < -0.4 is 4.90 Å². The number of alkyl halides is 3. The molecule has 8 nitrogen and oxygen atoms in total. The molecule has 3 saturated heterocycles. The number of H-pyrrole nitrogens is 1. The normalized spacial score (nSPS) is 24.7. The lowest BCUT2D eigenvalue weighted by Gasteiger charge is -2.59. The summed E-state index contributed by atoms with van der Waals surface area (Å²) in [7, 11) is 0. The monoisotopic (exact) mass is 501 g/mol. The number of carbonyl (C=O) groups is 1. The van der Waals surface area contributed by atoms with Crippen LogP contribution in [0.3, 0.4) is 0 Å². The Hall–Kier alpha value is -2.85. The lowest BCUT2D eigenvalue weighted by Crippen LogP contribution is -2.67. The summed E-state index contributed by atoms with van der Waals surface area (Å²) >= 11 is 0. The van der Waals surface area contributed by atoms with Crippen molar-refractivity contribution in [2.45, 2.75) is 56.0 Å². The zero-order valence-corrected chi connectivity index (χ0v) is 20.0. The second kappa shape index (κ2) is 7.82. The summed E-state index contributed by atoms with van der Waals surface area (Å²) in [5.74, 6) is 2.53. The molecule has 5 fully saturated rings. The number of hydrogen-bond donors (Lipinski definition) is 1. The van der Waals surface area contributed by atoms with Gasteiger partial charge in [0.2, 0.25) is 0 Å². The van der Waals surface area contributed by atoms with Gasteiger partial charge in [-0.3, -0.25) is 5.10 Å². The Kier molecular flexibility index (Phi) is 4.86. The van der Waals surface area contributed by atoms with Crippen molar-refractivity contribution in [1.82, 2.24) is 30.0 Å². The van der Waals surface area contributed by atoms with Crippen molar-refractivity contribution in [3.63, 3.8) is 0 Å². The third-order valence-corrected chi connectivity index (χ3v) is 9.12. The molecule has 5 aliphatic rings. The van der Waals surface area contributed by atoms with Gasteiger partial charge < -0.3 is 14.7 Å². The number of amides is 2. The first-order valence-electron chi connectivity index (χ1n) is 13.0. The molecule has 2 aromatic heterocycles. The molecular weight excluding hydrogens is 471 g/mol. The average molecular weight is 502 g/mol. The van der Waals surface area contributed by atoms with Crippen molar-refractivity contribution in [3.8, 4) is 0 Å². The first kappa shape index (κ1) is 22.4. The van der Waals surface area contributed by atoms with Crippen molar-refractivity contribution in [3.05, 3.63) is 35.5 Å². The van der Waals surface area contributed by atoms with Gasteiger partial charge in [0, 0.05) is 68.6 Å². The Bertz CT molecular complexity index is 1140. The molecule has 0 radical (unpaired) electrons. The number of aromatic amines is 1. The highest BCUT2D eigenvalue weighted by Crippen LogP contribution is 2.56. The topological polar surface area (TPSA) is 81.3 Å². The standard InChI is InChI=1S/C25H30F3N7O/c26-25(27,28)19-11-33(12-19)20-5-4-16(8-29-20)18-9-34(10-18)23(36)35-13-24(14-35)6-17(7-24)22-30-21(31-32-22)15-2-1-3-15/h4-5,8,15,17-19H,1-3,6-7,9-14H2,(H,30,31,32). The third-order valence-electron chi connectivity index (χ3n) is 9.12. The summed E-state index contributed by atoms with van der Waals surface area (Å²) in [6.45, 7) is 2.89. The van der Waals surface area contributed by atoms with Gasteiger partial charge in [0.15, 0.2) is 5.82 Å². The van der Waals surface area contributed by atoms with E-state index in [1.54, 1.807) is 17.2 Å². The number of pyridine rings is 1.